The second kappa shape index (κ2) is 10.8. The molecule has 3 aromatic rings. The maximum absolute atomic E-state index is 14.3. The zero-order valence-electron chi connectivity index (χ0n) is 20.8. The van der Waals surface area contributed by atoms with Crippen molar-refractivity contribution in [3.05, 3.63) is 130 Å². The van der Waals surface area contributed by atoms with Crippen molar-refractivity contribution in [2.75, 3.05) is 0 Å². The van der Waals surface area contributed by atoms with Crippen LogP contribution in [0.2, 0.25) is 0 Å². The molecule has 0 spiro atoms. The van der Waals surface area contributed by atoms with Gasteiger partial charge in [0.2, 0.25) is 0 Å². The Morgan fingerprint density at radius 2 is 1.19 bits per heavy atom. The van der Waals surface area contributed by atoms with Gasteiger partial charge in [-0.15, -0.1) is 0 Å². The molecular formula is C32H32O4. The minimum absolute atomic E-state index is 0.0142. The van der Waals surface area contributed by atoms with Crippen LogP contribution in [0.3, 0.4) is 0 Å². The van der Waals surface area contributed by atoms with Crippen LogP contribution in [0.15, 0.2) is 114 Å². The smallest absolute Gasteiger partial charge is 0.184 e. The molecule has 0 radical (unpaired) electrons. The maximum atomic E-state index is 14.3. The van der Waals surface area contributed by atoms with Gasteiger partial charge < -0.3 is 10.2 Å². The fraction of sp³-hybridized carbons (Fsp3) is 0.250. The van der Waals surface area contributed by atoms with E-state index in [-0.39, 0.29) is 48.5 Å². The molecule has 0 amide bonds. The van der Waals surface area contributed by atoms with Crippen LogP contribution in [-0.2, 0) is 28.9 Å². The van der Waals surface area contributed by atoms with Crippen molar-refractivity contribution in [1.82, 2.24) is 0 Å². The SMILES string of the molecule is CC(C)CC(=O)C1=C(O)C(Cc2ccccc2)=C(O)C(Cc2ccccc2)(Cc2ccccc2)C1=O. The van der Waals surface area contributed by atoms with E-state index in [9.17, 15) is 19.8 Å². The van der Waals surface area contributed by atoms with Crippen molar-refractivity contribution in [3.63, 3.8) is 0 Å². The zero-order valence-corrected chi connectivity index (χ0v) is 20.8. The number of carbonyl (C=O) groups is 2. The Hall–Kier alpha value is -3.92. The molecule has 0 aromatic heterocycles. The zero-order chi connectivity index (χ0) is 25.7. The second-order valence-electron chi connectivity index (χ2n) is 9.97. The molecule has 4 rings (SSSR count). The van der Waals surface area contributed by atoms with Crippen LogP contribution in [0, 0.1) is 11.3 Å². The van der Waals surface area contributed by atoms with Gasteiger partial charge >= 0.3 is 0 Å². The van der Waals surface area contributed by atoms with Crippen LogP contribution in [-0.4, -0.2) is 21.8 Å². The standard InChI is InChI=1S/C32H32O4/c1-22(2)18-27(33)28-29(34)26(19-23-12-6-3-7-13-23)30(35)32(31(28)36,20-24-14-8-4-9-15-24)21-25-16-10-5-11-17-25/h3-17,22,34-35H,18-21H2,1-2H3. The van der Waals surface area contributed by atoms with Gasteiger partial charge in [0.1, 0.15) is 17.1 Å². The van der Waals surface area contributed by atoms with Gasteiger partial charge in [0.15, 0.2) is 11.6 Å². The van der Waals surface area contributed by atoms with Crippen molar-refractivity contribution >= 4 is 11.6 Å². The molecule has 184 valence electrons. The molecule has 4 heteroatoms. The van der Waals surface area contributed by atoms with E-state index >= 15 is 0 Å². The number of allylic oxidation sites excluding steroid dienone is 3. The first kappa shape index (κ1) is 25.2. The van der Waals surface area contributed by atoms with E-state index < -0.39 is 22.7 Å². The molecule has 0 aliphatic heterocycles. The molecule has 36 heavy (non-hydrogen) atoms. The largest absolute Gasteiger partial charge is 0.511 e. The Balaban J connectivity index is 1.94. The average molecular weight is 481 g/mol. The molecule has 0 fully saturated rings. The van der Waals surface area contributed by atoms with E-state index in [1.165, 1.54) is 0 Å². The Labute approximate surface area is 212 Å². The van der Waals surface area contributed by atoms with Crippen LogP contribution in [0.4, 0.5) is 0 Å². The minimum Gasteiger partial charge on any atom is -0.511 e. The highest BCUT2D eigenvalue weighted by Gasteiger charge is 2.51. The summed E-state index contributed by atoms with van der Waals surface area (Å²) in [5, 5.41) is 23.1. The van der Waals surface area contributed by atoms with E-state index in [1.54, 1.807) is 0 Å². The lowest BCUT2D eigenvalue weighted by Crippen LogP contribution is -2.44. The number of ketones is 2. The van der Waals surface area contributed by atoms with Gasteiger partial charge in [0.25, 0.3) is 0 Å². The molecule has 3 aromatic carbocycles. The van der Waals surface area contributed by atoms with Crippen molar-refractivity contribution in [2.45, 2.75) is 39.5 Å². The predicted octanol–water partition coefficient (Wildman–Crippen LogP) is 6.52. The Morgan fingerprint density at radius 3 is 1.64 bits per heavy atom. The topological polar surface area (TPSA) is 74.6 Å². The molecule has 2 N–H and O–H groups in total. The highest BCUT2D eigenvalue weighted by molar-refractivity contribution is 6.24. The third kappa shape index (κ3) is 5.18. The van der Waals surface area contributed by atoms with E-state index in [1.807, 2.05) is 105 Å². The van der Waals surface area contributed by atoms with E-state index in [4.69, 9.17) is 0 Å². The van der Waals surface area contributed by atoms with Crippen LogP contribution in [0.1, 0.15) is 37.0 Å². The molecule has 0 saturated carbocycles. The summed E-state index contributed by atoms with van der Waals surface area (Å²) in [7, 11) is 0. The summed E-state index contributed by atoms with van der Waals surface area (Å²) in [4.78, 5) is 27.6. The molecule has 1 aliphatic carbocycles. The molecule has 1 aliphatic rings. The monoisotopic (exact) mass is 480 g/mol. The van der Waals surface area contributed by atoms with Crippen molar-refractivity contribution < 1.29 is 19.8 Å². The molecule has 0 heterocycles. The van der Waals surface area contributed by atoms with Crippen molar-refractivity contribution in [2.24, 2.45) is 11.3 Å². The van der Waals surface area contributed by atoms with Gasteiger partial charge in [-0.1, -0.05) is 105 Å². The summed E-state index contributed by atoms with van der Waals surface area (Å²) < 4.78 is 0. The van der Waals surface area contributed by atoms with Crippen molar-refractivity contribution in [1.29, 1.82) is 0 Å². The number of benzene rings is 3. The molecule has 0 bridgehead atoms. The van der Waals surface area contributed by atoms with Crippen LogP contribution < -0.4 is 0 Å². The first-order valence-corrected chi connectivity index (χ1v) is 12.4. The van der Waals surface area contributed by atoms with Gasteiger partial charge in [-0.2, -0.15) is 0 Å². The van der Waals surface area contributed by atoms with E-state index in [2.05, 4.69) is 0 Å². The predicted molar refractivity (Wildman–Crippen MR) is 142 cm³/mol. The number of aliphatic hydroxyl groups is 2. The van der Waals surface area contributed by atoms with Gasteiger partial charge in [-0.25, -0.2) is 0 Å². The second-order valence-corrected chi connectivity index (χ2v) is 9.97. The Morgan fingerprint density at radius 1 is 0.750 bits per heavy atom. The highest BCUT2D eigenvalue weighted by Crippen LogP contribution is 2.45. The third-order valence-electron chi connectivity index (χ3n) is 6.72. The van der Waals surface area contributed by atoms with Gasteiger partial charge in [-0.3, -0.25) is 9.59 Å². The maximum Gasteiger partial charge on any atom is 0.184 e. The van der Waals surface area contributed by atoms with E-state index in [0.717, 1.165) is 16.7 Å². The number of Topliss-reactive ketones (excluding diaryl/α,β-unsaturated/α-hetero) is 2. The lowest BCUT2D eigenvalue weighted by Gasteiger charge is -2.37. The number of hydrogen-bond donors (Lipinski definition) is 2. The average Bonchev–Trinajstić information content (AvgIpc) is 2.87. The number of aliphatic hydroxyl groups excluding tert-OH is 2. The van der Waals surface area contributed by atoms with Gasteiger partial charge in [0, 0.05) is 18.4 Å². The molecule has 4 nitrogen and oxygen atoms in total. The van der Waals surface area contributed by atoms with Crippen LogP contribution >= 0.6 is 0 Å². The first-order chi connectivity index (χ1) is 17.3. The Kier molecular flexibility index (Phi) is 7.54. The lowest BCUT2D eigenvalue weighted by atomic mass is 9.64. The van der Waals surface area contributed by atoms with Crippen LogP contribution in [0.25, 0.3) is 0 Å². The molecule has 0 unspecified atom stereocenters. The van der Waals surface area contributed by atoms with Crippen LogP contribution in [0.5, 0.6) is 0 Å². The minimum atomic E-state index is -1.42. The van der Waals surface area contributed by atoms with E-state index in [0.29, 0.717) is 0 Å². The Bertz CT molecular complexity index is 1240. The highest BCUT2D eigenvalue weighted by atomic mass is 16.3. The summed E-state index contributed by atoms with van der Waals surface area (Å²) >= 11 is 0. The number of carbonyl (C=O) groups excluding carboxylic acids is 2. The normalized spacial score (nSPS) is 15.5. The van der Waals surface area contributed by atoms with Gasteiger partial charge in [0.05, 0.1) is 5.41 Å². The third-order valence-corrected chi connectivity index (χ3v) is 6.72. The molecule has 0 atom stereocenters. The number of rotatable bonds is 9. The summed E-state index contributed by atoms with van der Waals surface area (Å²) in [6.07, 6.45) is 0.752. The summed E-state index contributed by atoms with van der Waals surface area (Å²) in [5.74, 6) is -1.46. The lowest BCUT2D eigenvalue weighted by molar-refractivity contribution is -0.128. The fourth-order valence-electron chi connectivity index (χ4n) is 4.98. The number of hydrogen-bond acceptors (Lipinski definition) is 4. The summed E-state index contributed by atoms with van der Waals surface area (Å²) in [6, 6.07) is 28.5. The summed E-state index contributed by atoms with van der Waals surface area (Å²) in [6.45, 7) is 3.81. The van der Waals surface area contributed by atoms with Gasteiger partial charge in [-0.05, 0) is 35.4 Å². The quantitative estimate of drug-likeness (QED) is 0.342. The molecule has 0 saturated heterocycles. The first-order valence-electron chi connectivity index (χ1n) is 12.4. The van der Waals surface area contributed by atoms with Crippen molar-refractivity contribution in [3.8, 4) is 0 Å². The summed E-state index contributed by atoms with van der Waals surface area (Å²) in [5.41, 5.74) is 1.22. The fourth-order valence-corrected chi connectivity index (χ4v) is 4.98. The molecular weight excluding hydrogens is 448 g/mol.